The van der Waals surface area contributed by atoms with Crippen LogP contribution in [0.15, 0.2) is 10.6 Å². The summed E-state index contributed by atoms with van der Waals surface area (Å²) in [6.07, 6.45) is 3.73. The zero-order valence-corrected chi connectivity index (χ0v) is 13.8. The second kappa shape index (κ2) is 5.65. The van der Waals surface area contributed by atoms with E-state index in [-0.39, 0.29) is 23.2 Å². The molecule has 1 heterocycles. The fraction of sp³-hybridized carbons (Fsp3) is 0.706. The van der Waals surface area contributed by atoms with Gasteiger partial charge in [0.05, 0.1) is 11.8 Å². The number of rotatable bonds is 3. The zero-order chi connectivity index (χ0) is 16.8. The number of aromatic nitrogens is 1. The van der Waals surface area contributed by atoms with Crippen LogP contribution in [0.25, 0.3) is 0 Å². The molecule has 1 amide bonds. The molecule has 3 aliphatic carbocycles. The molecule has 0 radical (unpaired) electrons. The number of carboxylic acids is 1. The van der Waals surface area contributed by atoms with Crippen molar-refractivity contribution in [2.24, 2.45) is 23.7 Å². The largest absolute Gasteiger partial charge is 0.481 e. The van der Waals surface area contributed by atoms with Gasteiger partial charge < -0.3 is 14.9 Å². The van der Waals surface area contributed by atoms with E-state index < -0.39 is 17.8 Å². The first-order valence-corrected chi connectivity index (χ1v) is 8.28. The molecule has 23 heavy (non-hydrogen) atoms. The van der Waals surface area contributed by atoms with E-state index >= 15 is 0 Å². The van der Waals surface area contributed by atoms with E-state index in [1.165, 1.54) is 0 Å². The molecule has 6 nitrogen and oxygen atoms in total. The number of carbonyl (C=O) groups excluding carboxylic acids is 1. The van der Waals surface area contributed by atoms with Crippen LogP contribution in [-0.2, 0) is 15.0 Å². The second-order valence-corrected chi connectivity index (χ2v) is 7.88. The van der Waals surface area contributed by atoms with E-state index in [0.717, 1.165) is 25.7 Å². The van der Waals surface area contributed by atoms with Crippen molar-refractivity contribution in [3.63, 3.8) is 0 Å². The lowest BCUT2D eigenvalue weighted by Gasteiger charge is -2.45. The molecule has 4 rings (SSSR count). The van der Waals surface area contributed by atoms with Gasteiger partial charge in [-0.3, -0.25) is 9.59 Å². The molecule has 0 spiro atoms. The zero-order valence-electron chi connectivity index (χ0n) is 13.8. The fourth-order valence-electron chi connectivity index (χ4n) is 4.08. The lowest BCUT2D eigenvalue weighted by Crippen LogP contribution is -2.49. The third-order valence-electron chi connectivity index (χ3n) is 5.31. The molecule has 2 N–H and O–H groups in total. The van der Waals surface area contributed by atoms with Crippen molar-refractivity contribution in [2.45, 2.75) is 51.9 Å². The average molecular weight is 320 g/mol. The summed E-state index contributed by atoms with van der Waals surface area (Å²) >= 11 is 0. The van der Waals surface area contributed by atoms with E-state index in [1.54, 1.807) is 6.07 Å². The number of hydrogen-bond donors (Lipinski definition) is 2. The third kappa shape index (κ3) is 2.99. The summed E-state index contributed by atoms with van der Waals surface area (Å²) < 4.78 is 5.27. The lowest BCUT2D eigenvalue weighted by atomic mass is 9.58. The van der Waals surface area contributed by atoms with Crippen molar-refractivity contribution < 1.29 is 19.2 Å². The summed E-state index contributed by atoms with van der Waals surface area (Å²) in [5.74, 6) is -0.786. The smallest absolute Gasteiger partial charge is 0.307 e. The van der Waals surface area contributed by atoms with Crippen molar-refractivity contribution in [3.8, 4) is 0 Å². The molecule has 0 aliphatic heterocycles. The second-order valence-electron chi connectivity index (χ2n) is 7.88. The number of fused-ring (bicyclic) bond motifs is 3. The van der Waals surface area contributed by atoms with Gasteiger partial charge >= 0.3 is 5.97 Å². The lowest BCUT2D eigenvalue weighted by molar-refractivity contribution is -0.156. The number of nitrogens with zero attached hydrogens (tertiary/aromatic N) is 1. The van der Waals surface area contributed by atoms with Crippen molar-refractivity contribution in [1.82, 2.24) is 5.16 Å². The molecule has 126 valence electrons. The Bertz CT molecular complexity index is 608. The van der Waals surface area contributed by atoms with Crippen LogP contribution in [0.5, 0.6) is 0 Å². The average Bonchev–Trinajstić information content (AvgIpc) is 2.96. The van der Waals surface area contributed by atoms with Gasteiger partial charge in [0.15, 0.2) is 5.82 Å². The monoisotopic (exact) mass is 320 g/mol. The predicted molar refractivity (Wildman–Crippen MR) is 83.9 cm³/mol. The minimum Gasteiger partial charge on any atom is -0.481 e. The van der Waals surface area contributed by atoms with Gasteiger partial charge in [-0.1, -0.05) is 25.9 Å². The molecule has 1 aromatic rings. The van der Waals surface area contributed by atoms with Crippen LogP contribution in [0.4, 0.5) is 5.82 Å². The molecule has 1 aromatic heterocycles. The molecule has 2 unspecified atom stereocenters. The first-order chi connectivity index (χ1) is 10.8. The Morgan fingerprint density at radius 2 is 1.74 bits per heavy atom. The number of nitrogens with one attached hydrogen (secondary N) is 1. The number of carbonyl (C=O) groups is 2. The number of aliphatic carboxylic acids is 1. The first kappa shape index (κ1) is 16.0. The topological polar surface area (TPSA) is 92.4 Å². The van der Waals surface area contributed by atoms with E-state index in [0.29, 0.717) is 11.6 Å². The van der Waals surface area contributed by atoms with E-state index in [9.17, 15) is 14.7 Å². The highest BCUT2D eigenvalue weighted by Gasteiger charge is 2.50. The maximum atomic E-state index is 12.7. The SMILES string of the molecule is CC(C)(C)c1cc(NC(=O)C2C3CCC(CC3)C2C(=O)O)no1. The van der Waals surface area contributed by atoms with Gasteiger partial charge in [-0.2, -0.15) is 0 Å². The van der Waals surface area contributed by atoms with Gasteiger partial charge in [0.25, 0.3) is 0 Å². The van der Waals surface area contributed by atoms with E-state index in [4.69, 9.17) is 4.52 Å². The Kier molecular flexibility index (Phi) is 3.94. The van der Waals surface area contributed by atoms with Gasteiger partial charge in [0.1, 0.15) is 5.76 Å². The van der Waals surface area contributed by atoms with Gasteiger partial charge in [0.2, 0.25) is 5.91 Å². The molecular formula is C17H24N2O4. The summed E-state index contributed by atoms with van der Waals surface area (Å²) in [5.41, 5.74) is -0.191. The van der Waals surface area contributed by atoms with Crippen LogP contribution >= 0.6 is 0 Å². The molecule has 2 bridgehead atoms. The Balaban J connectivity index is 1.77. The molecule has 3 aliphatic rings. The van der Waals surface area contributed by atoms with Crippen LogP contribution < -0.4 is 5.32 Å². The molecular weight excluding hydrogens is 296 g/mol. The number of hydrogen-bond acceptors (Lipinski definition) is 4. The van der Waals surface area contributed by atoms with Gasteiger partial charge in [-0.05, 0) is 37.5 Å². The Hall–Kier alpha value is -1.85. The summed E-state index contributed by atoms with van der Waals surface area (Å²) in [6.45, 7) is 6.00. The highest BCUT2D eigenvalue weighted by molar-refractivity contribution is 5.95. The van der Waals surface area contributed by atoms with E-state index in [1.807, 2.05) is 20.8 Å². The highest BCUT2D eigenvalue weighted by Crippen LogP contribution is 2.49. The van der Waals surface area contributed by atoms with Crippen molar-refractivity contribution in [2.75, 3.05) is 5.32 Å². The van der Waals surface area contributed by atoms with Crippen molar-refractivity contribution in [1.29, 1.82) is 0 Å². The summed E-state index contributed by atoms with van der Waals surface area (Å²) in [4.78, 5) is 24.3. The molecule has 6 heteroatoms. The minimum atomic E-state index is -0.852. The molecule has 0 aromatic carbocycles. The van der Waals surface area contributed by atoms with Crippen LogP contribution in [-0.4, -0.2) is 22.1 Å². The highest BCUT2D eigenvalue weighted by atomic mass is 16.5. The molecule has 3 saturated carbocycles. The van der Waals surface area contributed by atoms with Gasteiger partial charge in [-0.15, -0.1) is 0 Å². The van der Waals surface area contributed by atoms with E-state index in [2.05, 4.69) is 10.5 Å². The quantitative estimate of drug-likeness (QED) is 0.893. The normalized spacial score (nSPS) is 30.2. The predicted octanol–water partition coefficient (Wildman–Crippen LogP) is 3.05. The van der Waals surface area contributed by atoms with Crippen LogP contribution in [0.1, 0.15) is 52.2 Å². The summed E-state index contributed by atoms with van der Waals surface area (Å²) in [7, 11) is 0. The number of amides is 1. The van der Waals surface area contributed by atoms with Gasteiger partial charge in [0, 0.05) is 11.5 Å². The number of anilines is 1. The Morgan fingerprint density at radius 3 is 2.22 bits per heavy atom. The van der Waals surface area contributed by atoms with Crippen molar-refractivity contribution >= 4 is 17.7 Å². The maximum Gasteiger partial charge on any atom is 0.307 e. The third-order valence-corrected chi connectivity index (χ3v) is 5.31. The van der Waals surface area contributed by atoms with Crippen molar-refractivity contribution in [3.05, 3.63) is 11.8 Å². The number of carboxylic acid groups (broad SMARTS) is 1. The summed E-state index contributed by atoms with van der Waals surface area (Å²) in [6, 6.07) is 1.72. The maximum absolute atomic E-state index is 12.7. The fourth-order valence-corrected chi connectivity index (χ4v) is 4.08. The molecule has 2 atom stereocenters. The van der Waals surface area contributed by atoms with Crippen LogP contribution in [0, 0.1) is 23.7 Å². The Labute approximate surface area is 135 Å². The first-order valence-electron chi connectivity index (χ1n) is 8.28. The van der Waals surface area contributed by atoms with Gasteiger partial charge in [-0.25, -0.2) is 0 Å². The summed E-state index contributed by atoms with van der Waals surface area (Å²) in [5, 5.41) is 16.2. The molecule has 3 fully saturated rings. The Morgan fingerprint density at radius 1 is 1.17 bits per heavy atom. The van der Waals surface area contributed by atoms with Crippen LogP contribution in [0.3, 0.4) is 0 Å². The molecule has 0 saturated heterocycles. The van der Waals surface area contributed by atoms with Crippen LogP contribution in [0.2, 0.25) is 0 Å². The standard InChI is InChI=1S/C17H24N2O4/c1-17(2,3)11-8-12(19-23-11)18-15(20)13-9-4-6-10(7-5-9)14(13)16(21)22/h8-10,13-14H,4-7H2,1-3H3,(H,21,22)(H,18,19,20). The minimum absolute atomic E-state index is 0.121.